The first-order valence-electron chi connectivity index (χ1n) is 3.51. The quantitative estimate of drug-likeness (QED) is 0.217. The number of cyclic esters (lactones) is 1. The third-order valence-corrected chi connectivity index (χ3v) is 1.69. The second-order valence-electron chi connectivity index (χ2n) is 2.53. The fourth-order valence-electron chi connectivity index (χ4n) is 1.01. The van der Waals surface area contributed by atoms with Crippen molar-refractivity contribution in [3.8, 4) is 0 Å². The molecule has 1 aliphatic rings. The summed E-state index contributed by atoms with van der Waals surface area (Å²) >= 11 is 0. The zero-order valence-corrected chi connectivity index (χ0v) is 6.49. The molecule has 0 aromatic carbocycles. The smallest absolute Gasteiger partial charge is 0.341 e. The maximum Gasteiger partial charge on any atom is 0.341 e. The molecule has 1 saturated heterocycles. The molecule has 0 aliphatic carbocycles. The van der Waals surface area contributed by atoms with Crippen molar-refractivity contribution < 1.29 is 30.1 Å². The number of oxime groups is 1. The molecule has 0 amide bonds. The molecule has 0 aromatic heterocycles. The lowest BCUT2D eigenvalue weighted by Crippen LogP contribution is -2.36. The average Bonchev–Trinajstić information content (AvgIpc) is 2.42. The molecule has 13 heavy (non-hydrogen) atoms. The first kappa shape index (κ1) is 9.90. The van der Waals surface area contributed by atoms with E-state index in [0.717, 1.165) is 0 Å². The molecule has 1 heterocycles. The predicted octanol–water partition coefficient (Wildman–Crippen LogP) is -2.54. The molecule has 0 saturated carbocycles. The summed E-state index contributed by atoms with van der Waals surface area (Å²) in [6.07, 6.45) is -4.35. The fraction of sp³-hybridized carbons (Fsp3) is 0.667. The summed E-state index contributed by atoms with van der Waals surface area (Å²) in [5.74, 6) is -1.01. The van der Waals surface area contributed by atoms with Crippen LogP contribution in [0, 0.1) is 0 Å². The van der Waals surface area contributed by atoms with Crippen molar-refractivity contribution in [2.24, 2.45) is 5.16 Å². The average molecular weight is 191 g/mol. The Labute approximate surface area is 72.9 Å². The Kier molecular flexibility index (Phi) is 2.81. The summed E-state index contributed by atoms with van der Waals surface area (Å²) in [4.78, 5) is 10.7. The standard InChI is InChI=1S/C6H9NO6/c8-1-2(9)5-3(7-12)4(10)6(11)13-5/h2,4-5,8-10,12H,1H2/b7-3-. The van der Waals surface area contributed by atoms with E-state index in [-0.39, 0.29) is 0 Å². The summed E-state index contributed by atoms with van der Waals surface area (Å²) in [5, 5.41) is 37.6. The molecular weight excluding hydrogens is 182 g/mol. The van der Waals surface area contributed by atoms with Crippen molar-refractivity contribution in [3.05, 3.63) is 0 Å². The van der Waals surface area contributed by atoms with Crippen molar-refractivity contribution in [2.75, 3.05) is 6.61 Å². The normalized spacial score (nSPS) is 33.5. The Morgan fingerprint density at radius 1 is 1.62 bits per heavy atom. The minimum absolute atomic E-state index is 0.397. The van der Waals surface area contributed by atoms with Crippen molar-refractivity contribution in [3.63, 3.8) is 0 Å². The number of esters is 1. The second-order valence-corrected chi connectivity index (χ2v) is 2.53. The zero-order chi connectivity index (χ0) is 10.0. The van der Waals surface area contributed by atoms with Crippen LogP contribution >= 0.6 is 0 Å². The van der Waals surface area contributed by atoms with E-state index in [1.165, 1.54) is 0 Å². The van der Waals surface area contributed by atoms with Gasteiger partial charge < -0.3 is 25.3 Å². The molecular formula is C6H9NO6. The van der Waals surface area contributed by atoms with Gasteiger partial charge in [0.2, 0.25) is 0 Å². The Bertz CT molecular complexity index is 239. The minimum atomic E-state index is -1.67. The highest BCUT2D eigenvalue weighted by molar-refractivity contribution is 6.12. The van der Waals surface area contributed by atoms with Crippen LogP contribution in [0.5, 0.6) is 0 Å². The molecule has 0 radical (unpaired) electrons. The van der Waals surface area contributed by atoms with Crippen molar-refractivity contribution in [2.45, 2.75) is 18.3 Å². The topological polar surface area (TPSA) is 120 Å². The predicted molar refractivity (Wildman–Crippen MR) is 38.2 cm³/mol. The van der Waals surface area contributed by atoms with Gasteiger partial charge in [0.25, 0.3) is 0 Å². The van der Waals surface area contributed by atoms with Crippen LogP contribution in [0.15, 0.2) is 5.16 Å². The number of carbonyl (C=O) groups is 1. The van der Waals surface area contributed by atoms with Gasteiger partial charge in [-0.3, -0.25) is 0 Å². The van der Waals surface area contributed by atoms with Gasteiger partial charge in [-0.1, -0.05) is 5.16 Å². The van der Waals surface area contributed by atoms with Gasteiger partial charge in [-0.2, -0.15) is 0 Å². The number of aliphatic hydroxyl groups excluding tert-OH is 3. The molecule has 3 atom stereocenters. The first-order valence-corrected chi connectivity index (χ1v) is 3.51. The lowest BCUT2D eigenvalue weighted by atomic mass is 10.1. The van der Waals surface area contributed by atoms with E-state index in [4.69, 9.17) is 20.5 Å². The van der Waals surface area contributed by atoms with E-state index in [1.54, 1.807) is 0 Å². The SMILES string of the molecule is O=C1OC(C(O)CO)/C(=N\O)C1O. The fourth-order valence-corrected chi connectivity index (χ4v) is 1.01. The van der Waals surface area contributed by atoms with Gasteiger partial charge in [0.15, 0.2) is 12.2 Å². The number of hydrogen-bond donors (Lipinski definition) is 4. The van der Waals surface area contributed by atoms with Gasteiger partial charge in [0.1, 0.15) is 11.8 Å². The molecule has 7 nitrogen and oxygen atoms in total. The van der Waals surface area contributed by atoms with Crippen molar-refractivity contribution in [1.29, 1.82) is 0 Å². The van der Waals surface area contributed by atoms with Gasteiger partial charge in [-0.05, 0) is 0 Å². The van der Waals surface area contributed by atoms with Crippen molar-refractivity contribution >= 4 is 11.7 Å². The van der Waals surface area contributed by atoms with Crippen LogP contribution in [0.4, 0.5) is 0 Å². The van der Waals surface area contributed by atoms with Crippen LogP contribution in [-0.4, -0.2) is 57.1 Å². The number of carbonyl (C=O) groups excluding carboxylic acids is 1. The van der Waals surface area contributed by atoms with Crippen LogP contribution in [0.3, 0.4) is 0 Å². The largest absolute Gasteiger partial charge is 0.451 e. The van der Waals surface area contributed by atoms with Gasteiger partial charge in [-0.25, -0.2) is 4.79 Å². The summed E-state index contributed by atoms with van der Waals surface area (Å²) in [6, 6.07) is 0. The van der Waals surface area contributed by atoms with Crippen LogP contribution in [0.1, 0.15) is 0 Å². The Morgan fingerprint density at radius 2 is 2.23 bits per heavy atom. The summed E-state index contributed by atoms with van der Waals surface area (Å²) in [7, 11) is 0. The van der Waals surface area contributed by atoms with E-state index >= 15 is 0 Å². The number of aliphatic hydroxyl groups is 3. The highest BCUT2D eigenvalue weighted by atomic mass is 16.6. The Hall–Kier alpha value is -1.18. The van der Waals surface area contributed by atoms with Crippen LogP contribution in [0.25, 0.3) is 0 Å². The molecule has 7 heteroatoms. The molecule has 1 rings (SSSR count). The highest BCUT2D eigenvalue weighted by Crippen LogP contribution is 2.15. The Balaban J connectivity index is 2.83. The maximum atomic E-state index is 10.7. The number of ether oxygens (including phenoxy) is 1. The van der Waals surface area contributed by atoms with E-state index in [1.807, 2.05) is 0 Å². The van der Waals surface area contributed by atoms with Crippen LogP contribution in [-0.2, 0) is 9.53 Å². The van der Waals surface area contributed by atoms with E-state index in [0.29, 0.717) is 0 Å². The van der Waals surface area contributed by atoms with Gasteiger partial charge in [0, 0.05) is 0 Å². The molecule has 1 fully saturated rings. The number of hydrogen-bond acceptors (Lipinski definition) is 7. The monoisotopic (exact) mass is 191 g/mol. The highest BCUT2D eigenvalue weighted by Gasteiger charge is 2.44. The second kappa shape index (κ2) is 3.69. The summed E-state index contributed by atoms with van der Waals surface area (Å²) < 4.78 is 4.44. The lowest BCUT2D eigenvalue weighted by Gasteiger charge is -2.13. The van der Waals surface area contributed by atoms with Gasteiger partial charge in [0.05, 0.1) is 6.61 Å². The van der Waals surface area contributed by atoms with E-state index < -0.39 is 36.6 Å². The van der Waals surface area contributed by atoms with Crippen molar-refractivity contribution in [1.82, 2.24) is 0 Å². The molecule has 1 aliphatic heterocycles. The molecule has 0 bridgehead atoms. The lowest BCUT2D eigenvalue weighted by molar-refractivity contribution is -0.151. The van der Waals surface area contributed by atoms with E-state index in [2.05, 4.69) is 9.89 Å². The van der Waals surface area contributed by atoms with Crippen LogP contribution in [0.2, 0.25) is 0 Å². The molecule has 0 spiro atoms. The third kappa shape index (κ3) is 1.62. The maximum absolute atomic E-state index is 10.7. The summed E-state index contributed by atoms with van der Waals surface area (Å²) in [5.41, 5.74) is -0.397. The van der Waals surface area contributed by atoms with Gasteiger partial charge >= 0.3 is 5.97 Å². The first-order chi connectivity index (χ1) is 6.11. The molecule has 0 aromatic rings. The third-order valence-electron chi connectivity index (χ3n) is 1.69. The van der Waals surface area contributed by atoms with E-state index in [9.17, 15) is 4.79 Å². The summed E-state index contributed by atoms with van der Waals surface area (Å²) in [6.45, 7) is -0.663. The van der Waals surface area contributed by atoms with Crippen LogP contribution < -0.4 is 0 Å². The number of nitrogens with zero attached hydrogens (tertiary/aromatic N) is 1. The molecule has 74 valence electrons. The Morgan fingerprint density at radius 3 is 2.69 bits per heavy atom. The zero-order valence-electron chi connectivity index (χ0n) is 6.49. The minimum Gasteiger partial charge on any atom is -0.451 e. The van der Waals surface area contributed by atoms with Gasteiger partial charge in [-0.15, -0.1) is 0 Å². The molecule has 3 unspecified atom stereocenters. The number of rotatable bonds is 2. The molecule has 4 N–H and O–H groups in total.